The van der Waals surface area contributed by atoms with Gasteiger partial charge in [-0.25, -0.2) is 0 Å². The monoisotopic (exact) mass is 111 g/mol. The molecule has 0 saturated heterocycles. The van der Waals surface area contributed by atoms with Gasteiger partial charge in [0.15, 0.2) is 0 Å². The normalized spacial score (nSPS) is 34.1. The van der Waals surface area contributed by atoms with E-state index in [1.54, 1.807) is 0 Å². The molecule has 0 aliphatic heterocycles. The van der Waals surface area contributed by atoms with Crippen molar-refractivity contribution in [2.45, 2.75) is 37.7 Å². The maximum Gasteiger partial charge on any atom is 0.0712 e. The molecule has 2 fully saturated rings. The highest BCUT2D eigenvalue weighted by atomic mass is 16.3. The van der Waals surface area contributed by atoms with E-state index in [0.29, 0.717) is 0 Å². The van der Waals surface area contributed by atoms with Gasteiger partial charge in [-0.05, 0) is 25.7 Å². The van der Waals surface area contributed by atoms with Crippen LogP contribution in [-0.4, -0.2) is 10.7 Å². The molecule has 0 bridgehead atoms. The van der Waals surface area contributed by atoms with Crippen LogP contribution < -0.4 is 0 Å². The van der Waals surface area contributed by atoms with Crippen LogP contribution in [0.15, 0.2) is 0 Å². The van der Waals surface area contributed by atoms with Crippen molar-refractivity contribution >= 4 is 0 Å². The molecule has 0 unspecified atom stereocenters. The van der Waals surface area contributed by atoms with Crippen molar-refractivity contribution in [2.75, 3.05) is 0 Å². The Bertz CT molecular complexity index is 101. The van der Waals surface area contributed by atoms with E-state index in [-0.39, 0.29) is 5.60 Å². The smallest absolute Gasteiger partial charge is 0.0712 e. The zero-order valence-corrected chi connectivity index (χ0v) is 4.98. The molecule has 2 aliphatic carbocycles. The van der Waals surface area contributed by atoms with Crippen molar-refractivity contribution in [1.82, 2.24) is 0 Å². The molecule has 1 nitrogen and oxygen atoms in total. The van der Waals surface area contributed by atoms with Crippen molar-refractivity contribution in [3.63, 3.8) is 0 Å². The van der Waals surface area contributed by atoms with Crippen molar-refractivity contribution < 1.29 is 5.11 Å². The van der Waals surface area contributed by atoms with E-state index in [4.69, 9.17) is 0 Å². The lowest BCUT2D eigenvalue weighted by Gasteiger charge is -2.29. The minimum atomic E-state index is -0.238. The summed E-state index contributed by atoms with van der Waals surface area (Å²) >= 11 is 0. The minimum Gasteiger partial charge on any atom is -0.389 e. The summed E-state index contributed by atoms with van der Waals surface area (Å²) in [4.78, 5) is 0. The van der Waals surface area contributed by atoms with Gasteiger partial charge in [0.1, 0.15) is 0 Å². The third kappa shape index (κ3) is 0.510. The molecule has 0 spiro atoms. The summed E-state index contributed by atoms with van der Waals surface area (Å²) in [5, 5.41) is 9.41. The zero-order chi connectivity index (χ0) is 5.61. The van der Waals surface area contributed by atoms with Gasteiger partial charge in [-0.2, -0.15) is 0 Å². The van der Waals surface area contributed by atoms with Crippen molar-refractivity contribution in [1.29, 1.82) is 0 Å². The molecule has 0 heterocycles. The highest BCUT2D eigenvalue weighted by molar-refractivity contribution is 5.21. The Kier molecular flexibility index (Phi) is 0.762. The van der Waals surface area contributed by atoms with Gasteiger partial charge in [-0.15, -0.1) is 0 Å². The quantitative estimate of drug-likeness (QED) is 0.540. The fraction of sp³-hybridized carbons (Fsp3) is 0.857. The molecule has 1 heteroatoms. The van der Waals surface area contributed by atoms with Gasteiger partial charge in [-0.3, -0.25) is 0 Å². The predicted octanol–water partition coefficient (Wildman–Crippen LogP) is 1.27. The summed E-state index contributed by atoms with van der Waals surface area (Å²) in [6.07, 6.45) is 5.81. The highest BCUT2D eigenvalue weighted by Gasteiger charge is 2.49. The van der Waals surface area contributed by atoms with E-state index < -0.39 is 0 Å². The summed E-state index contributed by atoms with van der Waals surface area (Å²) in [5.74, 6) is 1.43. The van der Waals surface area contributed by atoms with Crippen molar-refractivity contribution in [3.8, 4) is 0 Å². The number of hydrogen-bond donors (Lipinski definition) is 1. The van der Waals surface area contributed by atoms with Crippen LogP contribution in [-0.2, 0) is 0 Å². The topological polar surface area (TPSA) is 20.2 Å². The molecule has 0 atom stereocenters. The van der Waals surface area contributed by atoms with Gasteiger partial charge in [0.05, 0.1) is 5.60 Å². The van der Waals surface area contributed by atoms with Gasteiger partial charge < -0.3 is 5.11 Å². The van der Waals surface area contributed by atoms with Crippen LogP contribution in [0.2, 0.25) is 0 Å². The lowest BCUT2D eigenvalue weighted by Crippen LogP contribution is -2.25. The van der Waals surface area contributed by atoms with E-state index >= 15 is 0 Å². The third-order valence-corrected chi connectivity index (χ3v) is 2.34. The predicted molar refractivity (Wildman–Crippen MR) is 31.3 cm³/mol. The highest BCUT2D eigenvalue weighted by Crippen LogP contribution is 2.52. The van der Waals surface area contributed by atoms with Crippen molar-refractivity contribution in [3.05, 3.63) is 5.92 Å². The summed E-state index contributed by atoms with van der Waals surface area (Å²) in [6.45, 7) is 0. The third-order valence-electron chi connectivity index (χ3n) is 2.34. The molecule has 1 N–H and O–H groups in total. The lowest BCUT2D eigenvalue weighted by atomic mass is 9.79. The van der Waals surface area contributed by atoms with Gasteiger partial charge in [0.25, 0.3) is 0 Å². The zero-order valence-electron chi connectivity index (χ0n) is 4.98. The fourth-order valence-electron chi connectivity index (χ4n) is 1.29. The Hall–Kier alpha value is -0.0400. The fourth-order valence-corrected chi connectivity index (χ4v) is 1.29. The van der Waals surface area contributed by atoms with E-state index in [1.165, 1.54) is 25.2 Å². The van der Waals surface area contributed by atoms with E-state index in [0.717, 1.165) is 12.8 Å². The Morgan fingerprint density at radius 2 is 1.88 bits per heavy atom. The molecule has 0 aromatic rings. The Morgan fingerprint density at radius 1 is 1.25 bits per heavy atom. The summed E-state index contributed by atoms with van der Waals surface area (Å²) in [6, 6.07) is 0. The number of aliphatic hydroxyl groups is 1. The maximum absolute atomic E-state index is 9.41. The largest absolute Gasteiger partial charge is 0.389 e. The van der Waals surface area contributed by atoms with Crippen LogP contribution in [0, 0.1) is 5.92 Å². The molecular weight excluding hydrogens is 100 g/mol. The first-order valence-corrected chi connectivity index (χ1v) is 3.39. The van der Waals surface area contributed by atoms with E-state index in [9.17, 15) is 5.11 Å². The second kappa shape index (κ2) is 1.27. The van der Waals surface area contributed by atoms with Crippen LogP contribution >= 0.6 is 0 Å². The van der Waals surface area contributed by atoms with Crippen LogP contribution in [0.1, 0.15) is 32.1 Å². The van der Waals surface area contributed by atoms with Gasteiger partial charge in [-0.1, -0.05) is 6.42 Å². The number of hydrogen-bond acceptors (Lipinski definition) is 1. The Morgan fingerprint density at radius 3 is 2.00 bits per heavy atom. The standard InChI is InChI=1S/C7H11O/c8-7(4-5-7)6-2-1-3-6/h8H,1-5H2. The molecule has 45 valence electrons. The maximum atomic E-state index is 9.41. The molecular formula is C7H11O. The first kappa shape index (κ1) is 4.80. The summed E-state index contributed by atoms with van der Waals surface area (Å²) < 4.78 is 0. The van der Waals surface area contributed by atoms with Crippen LogP contribution in [0.25, 0.3) is 0 Å². The molecule has 0 aromatic heterocycles. The molecule has 8 heavy (non-hydrogen) atoms. The molecule has 2 rings (SSSR count). The van der Waals surface area contributed by atoms with Crippen LogP contribution in [0.4, 0.5) is 0 Å². The average molecular weight is 111 g/mol. The molecule has 0 amide bonds. The van der Waals surface area contributed by atoms with E-state index in [2.05, 4.69) is 0 Å². The molecule has 1 radical (unpaired) electrons. The first-order chi connectivity index (χ1) is 3.81. The van der Waals surface area contributed by atoms with Crippen LogP contribution in [0.5, 0.6) is 0 Å². The summed E-state index contributed by atoms with van der Waals surface area (Å²) in [7, 11) is 0. The summed E-state index contributed by atoms with van der Waals surface area (Å²) in [5.41, 5.74) is -0.238. The van der Waals surface area contributed by atoms with Crippen LogP contribution in [0.3, 0.4) is 0 Å². The first-order valence-electron chi connectivity index (χ1n) is 3.39. The van der Waals surface area contributed by atoms with Gasteiger partial charge in [0, 0.05) is 5.92 Å². The van der Waals surface area contributed by atoms with Crippen molar-refractivity contribution in [2.24, 2.45) is 0 Å². The minimum absolute atomic E-state index is 0.238. The molecule has 2 aliphatic rings. The molecule has 2 saturated carbocycles. The second-order valence-electron chi connectivity index (χ2n) is 2.99. The van der Waals surface area contributed by atoms with Gasteiger partial charge >= 0.3 is 0 Å². The van der Waals surface area contributed by atoms with E-state index in [1.807, 2.05) is 0 Å². The Labute approximate surface area is 49.7 Å². The molecule has 0 aromatic carbocycles. The van der Waals surface area contributed by atoms with Gasteiger partial charge in [0.2, 0.25) is 0 Å². The number of rotatable bonds is 1. The Balaban J connectivity index is 1.95. The average Bonchev–Trinajstić information content (AvgIpc) is 2.12. The second-order valence-corrected chi connectivity index (χ2v) is 2.99. The SMILES string of the molecule is OC1([C]2CCC2)CC1. The lowest BCUT2D eigenvalue weighted by molar-refractivity contribution is 0.134.